The summed E-state index contributed by atoms with van der Waals surface area (Å²) in [4.78, 5) is 12.7. The van der Waals surface area contributed by atoms with Crippen LogP contribution in [-0.2, 0) is 14.3 Å². The number of carbonyl (C=O) groups is 1. The number of ketones is 1. The van der Waals surface area contributed by atoms with E-state index in [1.165, 1.54) is 10.0 Å². The predicted molar refractivity (Wildman–Crippen MR) is 98.8 cm³/mol. The van der Waals surface area contributed by atoms with E-state index in [4.69, 9.17) is 9.47 Å². The Hall–Kier alpha value is -1.25. The summed E-state index contributed by atoms with van der Waals surface area (Å²) in [6, 6.07) is 10.7. The molecule has 0 aromatic heterocycles. The van der Waals surface area contributed by atoms with Crippen molar-refractivity contribution in [3.05, 3.63) is 41.9 Å². The van der Waals surface area contributed by atoms with Crippen LogP contribution in [0.1, 0.15) is 46.0 Å². The van der Waals surface area contributed by atoms with E-state index in [-0.39, 0.29) is 15.6 Å². The van der Waals surface area contributed by atoms with Crippen LogP contribution in [-0.4, -0.2) is 34.0 Å². The molecule has 0 spiro atoms. The van der Waals surface area contributed by atoms with Crippen molar-refractivity contribution < 1.29 is 14.3 Å². The monoisotopic (exact) mass is 406 g/mol. The first-order valence-electron chi connectivity index (χ1n) is 9.22. The van der Waals surface area contributed by atoms with E-state index in [0.717, 1.165) is 38.0 Å². The molecule has 4 rings (SSSR count). The number of allylic oxidation sites excluding steroid dienone is 1. The molecule has 1 saturated heterocycles. The van der Waals surface area contributed by atoms with E-state index in [9.17, 15) is 4.79 Å². The summed E-state index contributed by atoms with van der Waals surface area (Å²) in [5.74, 6) is 1.34. The zero-order valence-electron chi connectivity index (χ0n) is 15.0. The van der Waals surface area contributed by atoms with E-state index in [2.05, 4.69) is 44.2 Å². The Kier molecular flexibility index (Phi) is 4.45. The molecule has 1 aliphatic heterocycles. The van der Waals surface area contributed by atoms with Gasteiger partial charge in [-0.3, -0.25) is 0 Å². The predicted octanol–water partition coefficient (Wildman–Crippen LogP) is 3.62. The average molecular weight is 405 g/mol. The van der Waals surface area contributed by atoms with Crippen LogP contribution in [0.25, 0.3) is 0 Å². The van der Waals surface area contributed by atoms with Gasteiger partial charge in [-0.05, 0) is 0 Å². The standard InChI is InChI=1S/C21H26O3Se/c1-20(2)13-23-19(24-14-20)15-11-17-18(22)9-6-10-21(17,12-15)25-16-7-4-3-5-8-16/h3-5,7-8,17H,6,9-14H2,1-2H3/t17-,21+/m0/s1. The van der Waals surface area contributed by atoms with Crippen molar-refractivity contribution in [2.45, 2.75) is 50.3 Å². The summed E-state index contributed by atoms with van der Waals surface area (Å²) in [5.41, 5.74) is 1.31. The Labute approximate surface area is 156 Å². The van der Waals surface area contributed by atoms with Crippen LogP contribution in [0.4, 0.5) is 0 Å². The minimum absolute atomic E-state index is 0.0664. The molecule has 2 aliphatic carbocycles. The molecule has 2 saturated carbocycles. The molecule has 0 bridgehead atoms. The fourth-order valence-corrected chi connectivity index (χ4v) is 7.62. The molecule has 2 atom stereocenters. The summed E-state index contributed by atoms with van der Waals surface area (Å²) in [5, 5.41) is 0. The SMILES string of the molecule is CC1(C)COC(=C2C[C@H]3C(=O)CCC[C@@]3([Se]c3ccccc3)C2)OC1. The molecule has 0 N–H and O–H groups in total. The van der Waals surface area contributed by atoms with Crippen molar-refractivity contribution in [3.63, 3.8) is 0 Å². The third-order valence-corrected chi connectivity index (χ3v) is 8.80. The van der Waals surface area contributed by atoms with E-state index in [1.54, 1.807) is 0 Å². The fraction of sp³-hybridized carbons (Fsp3) is 0.571. The van der Waals surface area contributed by atoms with E-state index >= 15 is 0 Å². The van der Waals surface area contributed by atoms with Gasteiger partial charge < -0.3 is 0 Å². The molecule has 3 fully saturated rings. The number of carbonyl (C=O) groups excluding carboxylic acids is 1. The van der Waals surface area contributed by atoms with E-state index in [1.807, 2.05) is 0 Å². The number of hydrogen-bond donors (Lipinski definition) is 0. The van der Waals surface area contributed by atoms with Gasteiger partial charge in [0.1, 0.15) is 0 Å². The molecule has 134 valence electrons. The third-order valence-electron chi connectivity index (χ3n) is 5.55. The topological polar surface area (TPSA) is 35.5 Å². The molecule has 0 radical (unpaired) electrons. The second kappa shape index (κ2) is 6.48. The Bertz CT molecular complexity index is 682. The first kappa shape index (κ1) is 17.2. The first-order chi connectivity index (χ1) is 12.0. The maximum atomic E-state index is 12.7. The fourth-order valence-electron chi connectivity index (χ4n) is 4.24. The van der Waals surface area contributed by atoms with Crippen LogP contribution >= 0.6 is 0 Å². The first-order valence-corrected chi connectivity index (χ1v) is 10.9. The molecule has 25 heavy (non-hydrogen) atoms. The van der Waals surface area contributed by atoms with Crippen LogP contribution in [0, 0.1) is 11.3 Å². The van der Waals surface area contributed by atoms with Gasteiger partial charge in [-0.25, -0.2) is 0 Å². The van der Waals surface area contributed by atoms with E-state index < -0.39 is 0 Å². The summed E-state index contributed by atoms with van der Waals surface area (Å²) in [7, 11) is 0. The van der Waals surface area contributed by atoms with Crippen molar-refractivity contribution in [3.8, 4) is 0 Å². The van der Waals surface area contributed by atoms with Gasteiger partial charge in [-0.2, -0.15) is 0 Å². The van der Waals surface area contributed by atoms with Gasteiger partial charge >= 0.3 is 156 Å². The van der Waals surface area contributed by atoms with Gasteiger partial charge in [0, 0.05) is 0 Å². The molecular weight excluding hydrogens is 379 g/mol. The molecule has 3 aliphatic rings. The Morgan fingerprint density at radius 1 is 1.12 bits per heavy atom. The second-order valence-corrected chi connectivity index (χ2v) is 11.5. The Balaban J connectivity index is 1.62. The molecule has 3 nitrogen and oxygen atoms in total. The maximum absolute atomic E-state index is 12.7. The minimum atomic E-state index is 0.0664. The summed E-state index contributed by atoms with van der Waals surface area (Å²) >= 11 is 0.297. The number of fused-ring (bicyclic) bond motifs is 1. The summed E-state index contributed by atoms with van der Waals surface area (Å²) in [6.45, 7) is 5.71. The van der Waals surface area contributed by atoms with Gasteiger partial charge in [0.05, 0.1) is 0 Å². The van der Waals surface area contributed by atoms with Crippen LogP contribution in [0.2, 0.25) is 4.31 Å². The van der Waals surface area contributed by atoms with Crippen LogP contribution in [0.15, 0.2) is 41.9 Å². The molecule has 1 aromatic rings. The van der Waals surface area contributed by atoms with Gasteiger partial charge in [0.25, 0.3) is 0 Å². The second-order valence-electron chi connectivity index (χ2n) is 8.37. The Morgan fingerprint density at radius 3 is 2.56 bits per heavy atom. The van der Waals surface area contributed by atoms with E-state index in [0.29, 0.717) is 34.0 Å². The van der Waals surface area contributed by atoms with Crippen molar-refractivity contribution in [1.82, 2.24) is 0 Å². The molecule has 1 aromatic carbocycles. The molecular formula is C21H26O3Se. The summed E-state index contributed by atoms with van der Waals surface area (Å²) < 4.78 is 13.4. The molecule has 4 heteroatoms. The third kappa shape index (κ3) is 3.39. The van der Waals surface area contributed by atoms with Crippen molar-refractivity contribution in [2.24, 2.45) is 11.3 Å². The quantitative estimate of drug-likeness (QED) is 0.705. The summed E-state index contributed by atoms with van der Waals surface area (Å²) in [6.07, 6.45) is 4.73. The van der Waals surface area contributed by atoms with Gasteiger partial charge in [0.15, 0.2) is 0 Å². The van der Waals surface area contributed by atoms with Crippen molar-refractivity contribution in [2.75, 3.05) is 13.2 Å². The average Bonchev–Trinajstić information content (AvgIpc) is 2.96. The zero-order chi connectivity index (χ0) is 17.5. The molecule has 0 amide bonds. The number of rotatable bonds is 2. The Morgan fingerprint density at radius 2 is 1.84 bits per heavy atom. The normalized spacial score (nSPS) is 31.3. The zero-order valence-corrected chi connectivity index (χ0v) is 16.8. The van der Waals surface area contributed by atoms with Crippen LogP contribution in [0.5, 0.6) is 0 Å². The molecule has 0 unspecified atom stereocenters. The van der Waals surface area contributed by atoms with Crippen LogP contribution < -0.4 is 4.46 Å². The number of Topliss-reactive ketones (excluding diaryl/α,β-unsaturated/α-hetero) is 1. The van der Waals surface area contributed by atoms with Crippen LogP contribution in [0.3, 0.4) is 0 Å². The number of benzene rings is 1. The van der Waals surface area contributed by atoms with Crippen molar-refractivity contribution in [1.29, 1.82) is 0 Å². The van der Waals surface area contributed by atoms with Gasteiger partial charge in [-0.1, -0.05) is 0 Å². The molecule has 1 heterocycles. The number of hydrogen-bond acceptors (Lipinski definition) is 3. The number of ether oxygens (including phenoxy) is 2. The van der Waals surface area contributed by atoms with Gasteiger partial charge in [0.2, 0.25) is 0 Å². The van der Waals surface area contributed by atoms with Gasteiger partial charge in [-0.15, -0.1) is 0 Å². The van der Waals surface area contributed by atoms with Crippen molar-refractivity contribution >= 4 is 25.2 Å².